The van der Waals surface area contributed by atoms with Crippen molar-refractivity contribution in [2.24, 2.45) is 0 Å². The zero-order valence-electron chi connectivity index (χ0n) is 15.6. The van der Waals surface area contributed by atoms with E-state index in [2.05, 4.69) is 48.0 Å². The maximum atomic E-state index is 12.2. The van der Waals surface area contributed by atoms with Crippen molar-refractivity contribution in [2.75, 3.05) is 20.1 Å². The first-order valence-electron chi connectivity index (χ1n) is 9.29. The molecule has 6 heteroatoms. The lowest BCUT2D eigenvalue weighted by Crippen LogP contribution is -2.54. The normalized spacial score (nSPS) is 22.3. The molecule has 0 radical (unpaired) electrons. The molecule has 0 bridgehead atoms. The third-order valence-electron chi connectivity index (χ3n) is 5.21. The molecule has 0 atom stereocenters. The minimum absolute atomic E-state index is 0.134. The molecule has 0 unspecified atom stereocenters. The van der Waals surface area contributed by atoms with Crippen molar-refractivity contribution in [3.05, 3.63) is 69.7 Å². The third-order valence-corrected chi connectivity index (χ3v) is 5.95. The Morgan fingerprint density at radius 2 is 1.74 bits per heavy atom. The molecule has 2 aromatic carbocycles. The van der Waals surface area contributed by atoms with E-state index in [1.165, 1.54) is 5.56 Å². The van der Waals surface area contributed by atoms with Crippen LogP contribution in [-0.2, 0) is 13.1 Å². The number of amides is 2. The van der Waals surface area contributed by atoms with E-state index in [1.807, 2.05) is 6.07 Å². The van der Waals surface area contributed by atoms with Gasteiger partial charge in [0, 0.05) is 31.0 Å². The molecule has 4 nitrogen and oxygen atoms in total. The molecule has 1 aliphatic heterocycles. The molecule has 2 amide bonds. The maximum Gasteiger partial charge on any atom is 0.315 e. The van der Waals surface area contributed by atoms with Gasteiger partial charge in [0.2, 0.25) is 0 Å². The number of hydrogen-bond acceptors (Lipinski definition) is 1. The Morgan fingerprint density at radius 3 is 2.41 bits per heavy atom. The molecule has 0 saturated carbocycles. The molecule has 0 spiro atoms. The lowest BCUT2D eigenvalue weighted by Gasteiger charge is -2.40. The Hall–Kier alpha value is -1.75. The molecule has 0 aromatic heterocycles. The van der Waals surface area contributed by atoms with E-state index in [0.717, 1.165) is 42.5 Å². The number of quaternary nitrogens is 1. The van der Waals surface area contributed by atoms with Crippen LogP contribution in [0.3, 0.4) is 0 Å². The number of benzene rings is 2. The van der Waals surface area contributed by atoms with E-state index < -0.39 is 0 Å². The van der Waals surface area contributed by atoms with Crippen molar-refractivity contribution < 1.29 is 9.28 Å². The number of rotatable bonds is 5. The lowest BCUT2D eigenvalue weighted by molar-refractivity contribution is -0.927. The standard InChI is InChI=1S/C21H25Cl2N3O/c1-26(15-16-5-3-2-4-6-16)11-9-18(10-12-26)25-21(27)24-14-17-7-8-19(22)20(23)13-17/h2-8,13,18H,9-12,14-15H2,1H3,(H-,24,25,27)/p+1. The summed E-state index contributed by atoms with van der Waals surface area (Å²) in [7, 11) is 2.30. The first-order chi connectivity index (χ1) is 12.9. The highest BCUT2D eigenvalue weighted by atomic mass is 35.5. The van der Waals surface area contributed by atoms with Gasteiger partial charge in [0.15, 0.2) is 0 Å². The zero-order valence-corrected chi connectivity index (χ0v) is 17.1. The predicted octanol–water partition coefficient (Wildman–Crippen LogP) is 4.60. The highest BCUT2D eigenvalue weighted by molar-refractivity contribution is 6.42. The number of carbonyl (C=O) groups excluding carboxylic acids is 1. The predicted molar refractivity (Wildman–Crippen MR) is 111 cm³/mol. The molecule has 27 heavy (non-hydrogen) atoms. The molecule has 144 valence electrons. The third kappa shape index (κ3) is 5.86. The van der Waals surface area contributed by atoms with Crippen LogP contribution < -0.4 is 10.6 Å². The van der Waals surface area contributed by atoms with Gasteiger partial charge in [-0.05, 0) is 17.7 Å². The van der Waals surface area contributed by atoms with Crippen LogP contribution in [0.1, 0.15) is 24.0 Å². The number of urea groups is 1. The Balaban J connectivity index is 1.43. The Bertz CT molecular complexity index is 774. The number of hydrogen-bond donors (Lipinski definition) is 2. The van der Waals surface area contributed by atoms with Gasteiger partial charge >= 0.3 is 6.03 Å². The molecular weight excluding hydrogens is 381 g/mol. The smallest absolute Gasteiger partial charge is 0.315 e. The van der Waals surface area contributed by atoms with Gasteiger partial charge in [-0.3, -0.25) is 0 Å². The van der Waals surface area contributed by atoms with Crippen molar-refractivity contribution in [3.8, 4) is 0 Å². The summed E-state index contributed by atoms with van der Waals surface area (Å²) in [5.74, 6) is 0. The van der Waals surface area contributed by atoms with Crippen LogP contribution in [0.5, 0.6) is 0 Å². The summed E-state index contributed by atoms with van der Waals surface area (Å²) >= 11 is 11.9. The van der Waals surface area contributed by atoms with E-state index in [0.29, 0.717) is 16.6 Å². The summed E-state index contributed by atoms with van der Waals surface area (Å²) in [4.78, 5) is 12.2. The average molecular weight is 407 g/mol. The minimum Gasteiger partial charge on any atom is -0.335 e. The van der Waals surface area contributed by atoms with Crippen LogP contribution in [0.4, 0.5) is 4.79 Å². The van der Waals surface area contributed by atoms with Crippen LogP contribution in [-0.4, -0.2) is 36.7 Å². The number of nitrogens with zero attached hydrogens (tertiary/aromatic N) is 1. The number of carbonyl (C=O) groups is 1. The van der Waals surface area contributed by atoms with Crippen molar-refractivity contribution in [3.63, 3.8) is 0 Å². The van der Waals surface area contributed by atoms with Crippen molar-refractivity contribution in [1.29, 1.82) is 0 Å². The first kappa shape index (κ1) is 20.0. The van der Waals surface area contributed by atoms with Gasteiger partial charge < -0.3 is 15.1 Å². The van der Waals surface area contributed by atoms with E-state index in [1.54, 1.807) is 12.1 Å². The second kappa shape index (κ2) is 8.96. The van der Waals surface area contributed by atoms with Crippen molar-refractivity contribution in [1.82, 2.24) is 10.6 Å². The van der Waals surface area contributed by atoms with Gasteiger partial charge in [0.1, 0.15) is 6.54 Å². The van der Waals surface area contributed by atoms with Gasteiger partial charge in [-0.25, -0.2) is 4.79 Å². The molecule has 1 aliphatic rings. The van der Waals surface area contributed by atoms with Crippen molar-refractivity contribution >= 4 is 29.2 Å². The topological polar surface area (TPSA) is 41.1 Å². The van der Waals surface area contributed by atoms with Crippen LogP contribution >= 0.6 is 23.2 Å². The van der Waals surface area contributed by atoms with Crippen LogP contribution in [0, 0.1) is 0 Å². The number of piperidine rings is 1. The Kier molecular flexibility index (Phi) is 6.64. The van der Waals surface area contributed by atoms with E-state index in [-0.39, 0.29) is 12.1 Å². The molecular formula is C21H26Cl2N3O+. The summed E-state index contributed by atoms with van der Waals surface area (Å²) in [5, 5.41) is 7.01. The lowest BCUT2D eigenvalue weighted by atomic mass is 10.0. The second-order valence-corrected chi connectivity index (χ2v) is 8.37. The molecule has 3 rings (SSSR count). The second-order valence-electron chi connectivity index (χ2n) is 7.56. The monoisotopic (exact) mass is 406 g/mol. The van der Waals surface area contributed by atoms with E-state index >= 15 is 0 Å². The van der Waals surface area contributed by atoms with Gasteiger partial charge in [-0.15, -0.1) is 0 Å². The molecule has 1 fully saturated rings. The average Bonchev–Trinajstić information content (AvgIpc) is 2.65. The van der Waals surface area contributed by atoms with Gasteiger partial charge in [0.05, 0.1) is 30.2 Å². The molecule has 1 saturated heterocycles. The highest BCUT2D eigenvalue weighted by Crippen LogP contribution is 2.23. The fraction of sp³-hybridized carbons (Fsp3) is 0.381. The first-order valence-corrected chi connectivity index (χ1v) is 10.0. The minimum atomic E-state index is -0.134. The van der Waals surface area contributed by atoms with Crippen molar-refractivity contribution in [2.45, 2.75) is 32.0 Å². The van der Waals surface area contributed by atoms with Gasteiger partial charge in [0.25, 0.3) is 0 Å². The highest BCUT2D eigenvalue weighted by Gasteiger charge is 2.30. The van der Waals surface area contributed by atoms with Crippen LogP contribution in [0.2, 0.25) is 10.0 Å². The number of nitrogens with one attached hydrogen (secondary N) is 2. The summed E-state index contributed by atoms with van der Waals surface area (Å²) in [6.07, 6.45) is 1.98. The summed E-state index contributed by atoms with van der Waals surface area (Å²) in [6, 6.07) is 16.1. The summed E-state index contributed by atoms with van der Waals surface area (Å²) < 4.78 is 1.02. The van der Waals surface area contributed by atoms with E-state index in [4.69, 9.17) is 23.2 Å². The molecule has 1 heterocycles. The molecule has 2 N–H and O–H groups in total. The van der Waals surface area contributed by atoms with Crippen LogP contribution in [0.15, 0.2) is 48.5 Å². The Labute approximate surface area is 171 Å². The zero-order chi connectivity index (χ0) is 19.3. The Morgan fingerprint density at radius 1 is 1.04 bits per heavy atom. The SMILES string of the molecule is C[N+]1(Cc2ccccc2)CCC(NC(=O)NCc2ccc(Cl)c(Cl)c2)CC1. The fourth-order valence-electron chi connectivity index (χ4n) is 3.59. The van der Waals surface area contributed by atoms with Crippen LogP contribution in [0.25, 0.3) is 0 Å². The van der Waals surface area contributed by atoms with Gasteiger partial charge in [-0.1, -0.05) is 59.6 Å². The summed E-state index contributed by atoms with van der Waals surface area (Å²) in [6.45, 7) is 3.59. The van der Waals surface area contributed by atoms with E-state index in [9.17, 15) is 4.79 Å². The molecule has 2 aromatic rings. The quantitative estimate of drug-likeness (QED) is 0.699. The largest absolute Gasteiger partial charge is 0.335 e. The number of likely N-dealkylation sites (tertiary alicyclic amines) is 1. The molecule has 0 aliphatic carbocycles. The fourth-order valence-corrected chi connectivity index (χ4v) is 3.91. The number of halogens is 2. The maximum absolute atomic E-state index is 12.2. The van der Waals surface area contributed by atoms with Gasteiger partial charge in [-0.2, -0.15) is 0 Å². The summed E-state index contributed by atoms with van der Waals surface area (Å²) in [5.41, 5.74) is 2.29.